The molecule has 0 aliphatic rings. The number of hydrogen-bond donors (Lipinski definition) is 1. The van der Waals surface area contributed by atoms with Crippen molar-refractivity contribution >= 4 is 0 Å². The van der Waals surface area contributed by atoms with Gasteiger partial charge < -0.3 is 9.84 Å². The smallest absolute Gasteiger partial charge is 0.222 e. The number of aromatic nitrogens is 2. The van der Waals surface area contributed by atoms with Crippen LogP contribution in [0.5, 0.6) is 11.6 Å². The van der Waals surface area contributed by atoms with E-state index in [2.05, 4.69) is 18.7 Å². The van der Waals surface area contributed by atoms with Crippen molar-refractivity contribution < 1.29 is 14.2 Å². The van der Waals surface area contributed by atoms with Crippen LogP contribution in [0.3, 0.4) is 0 Å². The third kappa shape index (κ3) is 6.35. The van der Waals surface area contributed by atoms with Gasteiger partial charge in [-0.15, -0.1) is 0 Å². The van der Waals surface area contributed by atoms with Crippen molar-refractivity contribution in [2.24, 2.45) is 13.0 Å². The maximum Gasteiger partial charge on any atom is 0.222 e. The van der Waals surface area contributed by atoms with Crippen LogP contribution in [-0.2, 0) is 13.6 Å². The topological polar surface area (TPSA) is 50.5 Å². The van der Waals surface area contributed by atoms with Crippen LogP contribution in [0.25, 0.3) is 11.3 Å². The van der Waals surface area contributed by atoms with E-state index in [1.807, 2.05) is 67.7 Å². The molecule has 1 heterocycles. The quantitative estimate of drug-likeness (QED) is 0.298. The number of nitrogens with zero attached hydrogens (tertiary/aromatic N) is 3. The number of aryl methyl sites for hydroxylation is 1. The molecule has 1 aromatic heterocycles. The molecule has 0 amide bonds. The first kappa shape index (κ1) is 24.6. The first-order valence-electron chi connectivity index (χ1n) is 11.9. The van der Waals surface area contributed by atoms with Gasteiger partial charge in [-0.2, -0.15) is 5.10 Å². The lowest BCUT2D eigenvalue weighted by molar-refractivity contribution is 0.101. The molecule has 0 saturated heterocycles. The van der Waals surface area contributed by atoms with E-state index >= 15 is 0 Å². The van der Waals surface area contributed by atoms with Gasteiger partial charge in [0, 0.05) is 32.2 Å². The maximum atomic E-state index is 13.5. The minimum atomic E-state index is -0.617. The average Bonchev–Trinajstić information content (AvgIpc) is 3.16. The van der Waals surface area contributed by atoms with E-state index in [0.29, 0.717) is 30.6 Å². The van der Waals surface area contributed by atoms with E-state index in [9.17, 15) is 9.50 Å². The summed E-state index contributed by atoms with van der Waals surface area (Å²) in [5.74, 6) is 1.22. The van der Waals surface area contributed by atoms with Crippen LogP contribution in [0.15, 0.2) is 84.9 Å². The Hall–Kier alpha value is -3.48. The highest BCUT2D eigenvalue weighted by atomic mass is 19.1. The molecular formula is C29H32FN3O2. The van der Waals surface area contributed by atoms with Crippen molar-refractivity contribution in [2.45, 2.75) is 26.5 Å². The zero-order chi connectivity index (χ0) is 24.8. The molecule has 0 bridgehead atoms. The second-order valence-corrected chi connectivity index (χ2v) is 9.19. The lowest BCUT2D eigenvalue weighted by Crippen LogP contribution is -2.32. The highest BCUT2D eigenvalue weighted by Crippen LogP contribution is 2.34. The zero-order valence-electron chi connectivity index (χ0n) is 20.4. The Kier molecular flexibility index (Phi) is 7.95. The second kappa shape index (κ2) is 11.3. The summed E-state index contributed by atoms with van der Waals surface area (Å²) in [5, 5.41) is 15.8. The summed E-state index contributed by atoms with van der Waals surface area (Å²) in [6, 6.07) is 25.7. The molecule has 6 heteroatoms. The monoisotopic (exact) mass is 473 g/mol. The Balaban J connectivity index is 1.70. The van der Waals surface area contributed by atoms with E-state index in [-0.39, 0.29) is 5.82 Å². The molecule has 1 atom stereocenters. The van der Waals surface area contributed by atoms with Crippen molar-refractivity contribution in [3.8, 4) is 22.9 Å². The summed E-state index contributed by atoms with van der Waals surface area (Å²) in [7, 11) is 1.85. The molecule has 5 nitrogen and oxygen atoms in total. The number of hydrogen-bond acceptors (Lipinski definition) is 4. The first-order chi connectivity index (χ1) is 16.9. The van der Waals surface area contributed by atoms with Gasteiger partial charge in [0.15, 0.2) is 0 Å². The maximum absolute atomic E-state index is 13.5. The Labute approximate surface area is 206 Å². The summed E-state index contributed by atoms with van der Waals surface area (Å²) in [5.41, 5.74) is 3.62. The predicted molar refractivity (Wildman–Crippen MR) is 137 cm³/mol. The molecule has 0 spiro atoms. The Morgan fingerprint density at radius 2 is 1.54 bits per heavy atom. The van der Waals surface area contributed by atoms with Crippen LogP contribution in [0.2, 0.25) is 0 Å². The third-order valence-corrected chi connectivity index (χ3v) is 5.78. The number of benzene rings is 3. The van der Waals surface area contributed by atoms with Gasteiger partial charge in [0.2, 0.25) is 5.88 Å². The van der Waals surface area contributed by atoms with Crippen LogP contribution in [-0.4, -0.2) is 32.9 Å². The lowest BCUT2D eigenvalue weighted by atomic mass is 10.1. The molecule has 1 N–H and O–H groups in total. The van der Waals surface area contributed by atoms with E-state index < -0.39 is 6.10 Å². The van der Waals surface area contributed by atoms with Crippen molar-refractivity contribution in [3.05, 3.63) is 102 Å². The highest BCUT2D eigenvalue weighted by Gasteiger charge is 2.24. The minimum Gasteiger partial charge on any atom is -0.439 e. The van der Waals surface area contributed by atoms with E-state index in [4.69, 9.17) is 9.84 Å². The van der Waals surface area contributed by atoms with Gasteiger partial charge in [0.05, 0.1) is 11.7 Å². The molecule has 4 aromatic rings. The van der Waals surface area contributed by atoms with Crippen molar-refractivity contribution in [1.29, 1.82) is 0 Å². The summed E-state index contributed by atoms with van der Waals surface area (Å²) in [4.78, 5) is 2.24. The number of aliphatic hydroxyl groups is 1. The Morgan fingerprint density at radius 1 is 0.914 bits per heavy atom. The molecule has 0 radical (unpaired) electrons. The van der Waals surface area contributed by atoms with E-state index in [0.717, 1.165) is 28.9 Å². The van der Waals surface area contributed by atoms with Gasteiger partial charge in [-0.1, -0.05) is 74.5 Å². The summed E-state index contributed by atoms with van der Waals surface area (Å²) in [6.07, 6.45) is -0.617. The molecule has 0 fully saturated rings. The normalized spacial score (nSPS) is 12.3. The number of aliphatic hydroxyl groups excluding tert-OH is 1. The standard InChI is InChI=1S/C29H32FN3O2/c1-21(2)18-33(20-27(34)22-10-6-4-7-11-22)19-26-28(23-12-8-5-9-13-23)31-32(3)29(26)35-25-16-14-24(30)15-17-25/h4-17,21,27,34H,18-20H2,1-3H3. The molecule has 1 unspecified atom stereocenters. The zero-order valence-corrected chi connectivity index (χ0v) is 20.4. The minimum absolute atomic E-state index is 0.314. The van der Waals surface area contributed by atoms with Crippen LogP contribution < -0.4 is 4.74 Å². The third-order valence-electron chi connectivity index (χ3n) is 5.78. The summed E-state index contributed by atoms with van der Waals surface area (Å²) >= 11 is 0. The largest absolute Gasteiger partial charge is 0.439 e. The molecule has 0 aliphatic heterocycles. The van der Waals surface area contributed by atoms with Gasteiger partial charge in [-0.05, 0) is 35.7 Å². The van der Waals surface area contributed by atoms with Crippen LogP contribution >= 0.6 is 0 Å². The fourth-order valence-corrected chi connectivity index (χ4v) is 4.23. The van der Waals surface area contributed by atoms with Gasteiger partial charge in [-0.25, -0.2) is 9.07 Å². The van der Waals surface area contributed by atoms with Crippen molar-refractivity contribution in [1.82, 2.24) is 14.7 Å². The van der Waals surface area contributed by atoms with E-state index in [1.54, 1.807) is 16.8 Å². The molecule has 0 saturated carbocycles. The number of rotatable bonds is 10. The highest BCUT2D eigenvalue weighted by molar-refractivity contribution is 5.65. The van der Waals surface area contributed by atoms with Crippen molar-refractivity contribution in [3.63, 3.8) is 0 Å². The second-order valence-electron chi connectivity index (χ2n) is 9.19. The van der Waals surface area contributed by atoms with Crippen LogP contribution in [0, 0.1) is 11.7 Å². The Morgan fingerprint density at radius 3 is 2.17 bits per heavy atom. The molecule has 0 aliphatic carbocycles. The van der Waals surface area contributed by atoms with Crippen LogP contribution in [0.1, 0.15) is 31.1 Å². The lowest BCUT2D eigenvalue weighted by Gasteiger charge is -2.27. The van der Waals surface area contributed by atoms with Gasteiger partial charge >= 0.3 is 0 Å². The predicted octanol–water partition coefficient (Wildman–Crippen LogP) is 6.21. The molecular weight excluding hydrogens is 441 g/mol. The fourth-order valence-electron chi connectivity index (χ4n) is 4.23. The molecule has 3 aromatic carbocycles. The number of halogens is 1. The first-order valence-corrected chi connectivity index (χ1v) is 11.9. The van der Waals surface area contributed by atoms with Crippen molar-refractivity contribution in [2.75, 3.05) is 13.1 Å². The SMILES string of the molecule is CC(C)CN(Cc1c(-c2ccccc2)nn(C)c1Oc1ccc(F)cc1)CC(O)c1ccccc1. The summed E-state index contributed by atoms with van der Waals surface area (Å²) < 4.78 is 21.4. The van der Waals surface area contributed by atoms with Gasteiger partial charge in [0.1, 0.15) is 17.3 Å². The van der Waals surface area contributed by atoms with Gasteiger partial charge in [-0.3, -0.25) is 4.90 Å². The average molecular weight is 474 g/mol. The van der Waals surface area contributed by atoms with Gasteiger partial charge in [0.25, 0.3) is 0 Å². The van der Waals surface area contributed by atoms with E-state index in [1.165, 1.54) is 12.1 Å². The molecule has 182 valence electrons. The molecule has 4 rings (SSSR count). The summed E-state index contributed by atoms with van der Waals surface area (Å²) in [6.45, 7) is 6.14. The Bertz CT molecular complexity index is 1210. The molecule has 35 heavy (non-hydrogen) atoms. The number of ether oxygens (including phenoxy) is 1. The fraction of sp³-hybridized carbons (Fsp3) is 0.276. The van der Waals surface area contributed by atoms with Crippen LogP contribution in [0.4, 0.5) is 4.39 Å².